The zero-order valence-corrected chi connectivity index (χ0v) is 14.8. The molecule has 1 atom stereocenters. The number of carboxylic acids is 1. The summed E-state index contributed by atoms with van der Waals surface area (Å²) in [6.07, 6.45) is 1.25. The molecule has 8 nitrogen and oxygen atoms in total. The maximum absolute atomic E-state index is 12.0. The number of aliphatic carboxylic acids is 1. The Kier molecular flexibility index (Phi) is 4.70. The fourth-order valence-corrected chi connectivity index (χ4v) is 4.07. The van der Waals surface area contributed by atoms with Gasteiger partial charge in [0.25, 0.3) is 0 Å². The molecule has 0 unspecified atom stereocenters. The summed E-state index contributed by atoms with van der Waals surface area (Å²) in [4.78, 5) is 26.6. The van der Waals surface area contributed by atoms with Crippen molar-refractivity contribution in [2.75, 3.05) is 48.8 Å². The lowest BCUT2D eigenvalue weighted by molar-refractivity contribution is -0.141. The van der Waals surface area contributed by atoms with Crippen LogP contribution < -0.4 is 9.80 Å². The third-order valence-corrected chi connectivity index (χ3v) is 6.01. The average molecular weight is 367 g/mol. The molecular formula is C16H21N3O5S. The summed E-state index contributed by atoms with van der Waals surface area (Å²) in [7, 11) is -3.15. The van der Waals surface area contributed by atoms with E-state index in [0.717, 1.165) is 5.69 Å². The first-order chi connectivity index (χ1) is 11.8. The van der Waals surface area contributed by atoms with E-state index in [9.17, 15) is 18.0 Å². The van der Waals surface area contributed by atoms with Crippen LogP contribution in [-0.4, -0.2) is 68.7 Å². The van der Waals surface area contributed by atoms with Crippen molar-refractivity contribution < 1.29 is 23.1 Å². The Labute approximate surface area is 146 Å². The molecule has 1 aromatic carbocycles. The maximum Gasteiger partial charge on any atom is 0.308 e. The van der Waals surface area contributed by atoms with Gasteiger partial charge < -0.3 is 14.9 Å². The minimum absolute atomic E-state index is 0.0323. The van der Waals surface area contributed by atoms with Crippen LogP contribution in [0.5, 0.6) is 0 Å². The van der Waals surface area contributed by atoms with Gasteiger partial charge in [-0.2, -0.15) is 4.31 Å². The van der Waals surface area contributed by atoms with E-state index in [4.69, 9.17) is 5.11 Å². The number of carbonyl (C=O) groups is 2. The highest BCUT2D eigenvalue weighted by molar-refractivity contribution is 7.88. The highest BCUT2D eigenvalue weighted by atomic mass is 32.2. The van der Waals surface area contributed by atoms with E-state index >= 15 is 0 Å². The first-order valence-electron chi connectivity index (χ1n) is 8.09. The van der Waals surface area contributed by atoms with E-state index in [0.29, 0.717) is 31.9 Å². The Hall–Kier alpha value is -2.13. The maximum atomic E-state index is 12.0. The van der Waals surface area contributed by atoms with E-state index < -0.39 is 21.9 Å². The van der Waals surface area contributed by atoms with Gasteiger partial charge in [-0.15, -0.1) is 0 Å². The third kappa shape index (κ3) is 3.77. The number of piperazine rings is 1. The molecule has 1 aromatic rings. The second-order valence-corrected chi connectivity index (χ2v) is 8.39. The Morgan fingerprint density at radius 1 is 1.08 bits per heavy atom. The largest absolute Gasteiger partial charge is 0.481 e. The number of carboxylic acid groups (broad SMARTS) is 1. The summed E-state index contributed by atoms with van der Waals surface area (Å²) in [5, 5.41) is 9.06. The molecule has 0 spiro atoms. The van der Waals surface area contributed by atoms with Crippen molar-refractivity contribution in [2.24, 2.45) is 5.92 Å². The Morgan fingerprint density at radius 2 is 1.64 bits per heavy atom. The van der Waals surface area contributed by atoms with Crippen molar-refractivity contribution in [2.45, 2.75) is 6.42 Å². The molecule has 0 bridgehead atoms. The normalized spacial score (nSPS) is 22.4. The Balaban J connectivity index is 1.66. The third-order valence-electron chi connectivity index (χ3n) is 4.71. The smallest absolute Gasteiger partial charge is 0.308 e. The van der Waals surface area contributed by atoms with Crippen molar-refractivity contribution in [3.8, 4) is 0 Å². The SMILES string of the molecule is CS(=O)(=O)N1CCN(c2ccc(N3C[C@@H](C(=O)O)CC3=O)cc2)CC1. The number of hydrogen-bond acceptors (Lipinski definition) is 5. The van der Waals surface area contributed by atoms with Crippen LogP contribution >= 0.6 is 0 Å². The van der Waals surface area contributed by atoms with E-state index in [1.54, 1.807) is 12.1 Å². The molecule has 3 rings (SSSR count). The van der Waals surface area contributed by atoms with Crippen molar-refractivity contribution in [3.63, 3.8) is 0 Å². The van der Waals surface area contributed by atoms with Crippen molar-refractivity contribution >= 4 is 33.3 Å². The molecule has 0 aliphatic carbocycles. The summed E-state index contributed by atoms with van der Waals surface area (Å²) in [6, 6.07) is 7.38. The van der Waals surface area contributed by atoms with Crippen LogP contribution in [0.1, 0.15) is 6.42 Å². The van der Waals surface area contributed by atoms with E-state index in [-0.39, 0.29) is 18.9 Å². The van der Waals surface area contributed by atoms with E-state index in [1.807, 2.05) is 12.1 Å². The molecule has 9 heteroatoms. The lowest BCUT2D eigenvalue weighted by Crippen LogP contribution is -2.48. The molecule has 2 aliphatic rings. The molecule has 0 saturated carbocycles. The van der Waals surface area contributed by atoms with Gasteiger partial charge in [0.15, 0.2) is 0 Å². The minimum Gasteiger partial charge on any atom is -0.481 e. The zero-order valence-electron chi connectivity index (χ0n) is 14.0. The van der Waals surface area contributed by atoms with Gasteiger partial charge in [0, 0.05) is 50.5 Å². The number of nitrogens with zero attached hydrogens (tertiary/aromatic N) is 3. The first kappa shape index (κ1) is 17.7. The van der Waals surface area contributed by atoms with Gasteiger partial charge in [-0.3, -0.25) is 9.59 Å². The van der Waals surface area contributed by atoms with Crippen LogP contribution in [0.15, 0.2) is 24.3 Å². The second kappa shape index (κ2) is 6.64. The van der Waals surface area contributed by atoms with E-state index in [2.05, 4.69) is 4.90 Å². The summed E-state index contributed by atoms with van der Waals surface area (Å²) < 4.78 is 24.6. The van der Waals surface area contributed by atoms with Crippen molar-refractivity contribution in [1.82, 2.24) is 4.31 Å². The number of carbonyl (C=O) groups excluding carboxylic acids is 1. The Morgan fingerprint density at radius 3 is 2.12 bits per heavy atom. The molecule has 1 N–H and O–H groups in total. The molecule has 136 valence electrons. The summed E-state index contributed by atoms with van der Waals surface area (Å²) in [5.41, 5.74) is 1.64. The number of amides is 1. The van der Waals surface area contributed by atoms with Crippen LogP contribution in [-0.2, 0) is 19.6 Å². The molecule has 2 heterocycles. The molecule has 1 amide bonds. The van der Waals surface area contributed by atoms with Crippen LogP contribution in [0.2, 0.25) is 0 Å². The molecule has 25 heavy (non-hydrogen) atoms. The molecular weight excluding hydrogens is 346 g/mol. The predicted molar refractivity (Wildman–Crippen MR) is 93.2 cm³/mol. The Bertz CT molecular complexity index is 769. The minimum atomic E-state index is -3.15. The molecule has 2 aliphatic heterocycles. The predicted octanol–water partition coefficient (Wildman–Crippen LogP) is 0.206. The lowest BCUT2D eigenvalue weighted by atomic mass is 10.1. The van der Waals surface area contributed by atoms with Gasteiger partial charge in [0.1, 0.15) is 0 Å². The fourth-order valence-electron chi connectivity index (χ4n) is 3.24. The lowest BCUT2D eigenvalue weighted by Gasteiger charge is -2.34. The van der Waals surface area contributed by atoms with Gasteiger partial charge >= 0.3 is 5.97 Å². The van der Waals surface area contributed by atoms with Gasteiger partial charge in [-0.1, -0.05) is 0 Å². The van der Waals surface area contributed by atoms with Gasteiger partial charge in [-0.05, 0) is 24.3 Å². The van der Waals surface area contributed by atoms with Gasteiger partial charge in [-0.25, -0.2) is 8.42 Å². The summed E-state index contributed by atoms with van der Waals surface area (Å²) >= 11 is 0. The first-order valence-corrected chi connectivity index (χ1v) is 9.94. The number of hydrogen-bond donors (Lipinski definition) is 1. The summed E-state index contributed by atoms with van der Waals surface area (Å²) in [5.74, 6) is -1.78. The average Bonchev–Trinajstić information content (AvgIpc) is 2.96. The fraction of sp³-hybridized carbons (Fsp3) is 0.500. The highest BCUT2D eigenvalue weighted by Crippen LogP contribution is 2.27. The van der Waals surface area contributed by atoms with Crippen LogP contribution in [0.25, 0.3) is 0 Å². The number of benzene rings is 1. The topological polar surface area (TPSA) is 98.2 Å². The molecule has 2 saturated heterocycles. The van der Waals surface area contributed by atoms with E-state index in [1.165, 1.54) is 15.5 Å². The molecule has 0 aromatic heterocycles. The standard InChI is InChI=1S/C16H21N3O5S/c1-25(23,24)18-8-6-17(7-9-18)13-2-4-14(5-3-13)19-11-12(16(21)22)10-15(19)20/h2-5,12H,6-11H2,1H3,(H,21,22)/t12-/m0/s1. The van der Waals surface area contributed by atoms with Crippen LogP contribution in [0.4, 0.5) is 11.4 Å². The van der Waals surface area contributed by atoms with Crippen molar-refractivity contribution in [3.05, 3.63) is 24.3 Å². The number of sulfonamides is 1. The number of anilines is 2. The molecule has 2 fully saturated rings. The molecule has 0 radical (unpaired) electrons. The zero-order chi connectivity index (χ0) is 18.2. The summed E-state index contributed by atoms with van der Waals surface area (Å²) in [6.45, 7) is 2.31. The monoisotopic (exact) mass is 367 g/mol. The van der Waals surface area contributed by atoms with Crippen LogP contribution in [0.3, 0.4) is 0 Å². The number of rotatable bonds is 4. The van der Waals surface area contributed by atoms with Crippen LogP contribution in [0, 0.1) is 5.92 Å². The second-order valence-electron chi connectivity index (χ2n) is 6.41. The van der Waals surface area contributed by atoms with Crippen molar-refractivity contribution in [1.29, 1.82) is 0 Å². The quantitative estimate of drug-likeness (QED) is 0.817. The van der Waals surface area contributed by atoms with Gasteiger partial charge in [0.2, 0.25) is 15.9 Å². The van der Waals surface area contributed by atoms with Gasteiger partial charge in [0.05, 0.1) is 12.2 Å². The highest BCUT2D eigenvalue weighted by Gasteiger charge is 2.35.